The molecule has 0 spiro atoms. The van der Waals surface area contributed by atoms with E-state index in [0.29, 0.717) is 6.61 Å². The number of thiophene rings is 1. The zero-order chi connectivity index (χ0) is 11.5. The van der Waals surface area contributed by atoms with Crippen LogP contribution >= 0.6 is 11.3 Å². The summed E-state index contributed by atoms with van der Waals surface area (Å²) in [7, 11) is 3.56. The Labute approximate surface area is 98.0 Å². The molecule has 2 nitrogen and oxygen atoms in total. The Kier molecular flexibility index (Phi) is 3.53. The third-order valence-corrected chi connectivity index (χ3v) is 3.68. The topological polar surface area (TPSA) is 21.3 Å². The van der Waals surface area contributed by atoms with Crippen molar-refractivity contribution in [3.63, 3.8) is 0 Å². The van der Waals surface area contributed by atoms with Gasteiger partial charge in [-0.25, -0.2) is 4.39 Å². The van der Waals surface area contributed by atoms with Gasteiger partial charge in [0.2, 0.25) is 0 Å². The number of methoxy groups -OCH3 is 1. The molecular formula is C12H14FNOS. The van der Waals surface area contributed by atoms with Crippen molar-refractivity contribution in [1.29, 1.82) is 0 Å². The Morgan fingerprint density at radius 3 is 2.94 bits per heavy atom. The molecule has 0 aliphatic rings. The maximum absolute atomic E-state index is 13.2. The average Bonchev–Trinajstić information content (AvgIpc) is 2.58. The highest BCUT2D eigenvalue weighted by Gasteiger charge is 2.11. The van der Waals surface area contributed by atoms with Crippen molar-refractivity contribution in [3.05, 3.63) is 34.5 Å². The van der Waals surface area contributed by atoms with Crippen LogP contribution in [-0.2, 0) is 17.9 Å². The van der Waals surface area contributed by atoms with Gasteiger partial charge in [0.1, 0.15) is 5.82 Å². The molecule has 1 aromatic carbocycles. The lowest BCUT2D eigenvalue weighted by atomic mass is 10.1. The van der Waals surface area contributed by atoms with Gasteiger partial charge in [-0.15, -0.1) is 11.3 Å². The van der Waals surface area contributed by atoms with Crippen molar-refractivity contribution >= 4 is 21.4 Å². The van der Waals surface area contributed by atoms with Crippen molar-refractivity contribution in [2.24, 2.45) is 0 Å². The Bertz CT molecular complexity index is 495. The predicted molar refractivity (Wildman–Crippen MR) is 65.3 cm³/mol. The van der Waals surface area contributed by atoms with Gasteiger partial charge in [-0.1, -0.05) is 0 Å². The van der Waals surface area contributed by atoms with Crippen molar-refractivity contribution in [1.82, 2.24) is 5.32 Å². The molecule has 0 amide bonds. The lowest BCUT2D eigenvalue weighted by Gasteiger charge is -2.02. The minimum absolute atomic E-state index is 0.196. The standard InChI is InChI=1S/C12H14FNOS/c1-14-6-12-10(7-15-2)9-5-8(13)3-4-11(9)16-12/h3-5,14H,6-7H2,1-2H3. The summed E-state index contributed by atoms with van der Waals surface area (Å²) in [4.78, 5) is 1.21. The second-order valence-corrected chi connectivity index (χ2v) is 4.74. The van der Waals surface area contributed by atoms with E-state index in [1.54, 1.807) is 24.5 Å². The minimum Gasteiger partial charge on any atom is -0.380 e. The number of fused-ring (bicyclic) bond motifs is 1. The monoisotopic (exact) mass is 239 g/mol. The van der Waals surface area contributed by atoms with Gasteiger partial charge in [-0.2, -0.15) is 0 Å². The number of ether oxygens (including phenoxy) is 1. The molecule has 0 aliphatic carbocycles. The van der Waals surface area contributed by atoms with Crippen LogP contribution in [0.2, 0.25) is 0 Å². The number of hydrogen-bond acceptors (Lipinski definition) is 3. The first kappa shape index (κ1) is 11.5. The van der Waals surface area contributed by atoms with E-state index in [0.717, 1.165) is 22.2 Å². The van der Waals surface area contributed by atoms with Crippen LogP contribution < -0.4 is 5.32 Å². The van der Waals surface area contributed by atoms with Crippen molar-refractivity contribution in [2.75, 3.05) is 14.2 Å². The van der Waals surface area contributed by atoms with E-state index in [-0.39, 0.29) is 5.82 Å². The first-order valence-corrected chi connectivity index (χ1v) is 5.91. The molecule has 2 aromatic rings. The van der Waals surface area contributed by atoms with E-state index in [9.17, 15) is 4.39 Å². The summed E-state index contributed by atoms with van der Waals surface area (Å²) in [5, 5.41) is 4.09. The minimum atomic E-state index is -0.196. The van der Waals surface area contributed by atoms with Crippen molar-refractivity contribution in [2.45, 2.75) is 13.2 Å². The number of rotatable bonds is 4. The van der Waals surface area contributed by atoms with E-state index in [1.165, 1.54) is 10.9 Å². The summed E-state index contributed by atoms with van der Waals surface area (Å²) in [6.45, 7) is 1.32. The third kappa shape index (κ3) is 2.09. The summed E-state index contributed by atoms with van der Waals surface area (Å²) in [6.07, 6.45) is 0. The maximum atomic E-state index is 13.2. The Morgan fingerprint density at radius 2 is 2.25 bits per heavy atom. The zero-order valence-electron chi connectivity index (χ0n) is 9.34. The fourth-order valence-corrected chi connectivity index (χ4v) is 2.98. The Hall–Kier alpha value is -0.970. The first-order valence-electron chi connectivity index (χ1n) is 5.09. The largest absolute Gasteiger partial charge is 0.380 e. The van der Waals surface area contributed by atoms with Crippen LogP contribution in [0.25, 0.3) is 10.1 Å². The molecule has 86 valence electrons. The summed E-state index contributed by atoms with van der Waals surface area (Å²) in [5.74, 6) is -0.196. The average molecular weight is 239 g/mol. The van der Waals surface area contributed by atoms with Crippen LogP contribution in [0, 0.1) is 5.82 Å². The fraction of sp³-hybridized carbons (Fsp3) is 0.333. The van der Waals surface area contributed by atoms with E-state index in [4.69, 9.17) is 4.74 Å². The van der Waals surface area contributed by atoms with Gasteiger partial charge in [0.15, 0.2) is 0 Å². The molecule has 0 saturated heterocycles. The molecule has 0 saturated carbocycles. The zero-order valence-corrected chi connectivity index (χ0v) is 10.2. The summed E-state index contributed by atoms with van der Waals surface area (Å²) < 4.78 is 19.5. The van der Waals surface area contributed by atoms with Gasteiger partial charge in [-0.05, 0) is 25.2 Å². The SMILES string of the molecule is CNCc1sc2ccc(F)cc2c1COC. The molecular weight excluding hydrogens is 225 g/mol. The van der Waals surface area contributed by atoms with Crippen molar-refractivity contribution < 1.29 is 9.13 Å². The van der Waals surface area contributed by atoms with Gasteiger partial charge in [0.25, 0.3) is 0 Å². The molecule has 0 aliphatic heterocycles. The summed E-state index contributed by atoms with van der Waals surface area (Å²) >= 11 is 1.69. The highest BCUT2D eigenvalue weighted by atomic mass is 32.1. The number of halogens is 1. The molecule has 0 unspecified atom stereocenters. The highest BCUT2D eigenvalue weighted by Crippen LogP contribution is 2.32. The van der Waals surface area contributed by atoms with Crippen LogP contribution in [0.3, 0.4) is 0 Å². The van der Waals surface area contributed by atoms with Gasteiger partial charge in [-0.3, -0.25) is 0 Å². The molecule has 1 aromatic heterocycles. The molecule has 0 radical (unpaired) electrons. The smallest absolute Gasteiger partial charge is 0.123 e. The summed E-state index contributed by atoms with van der Waals surface area (Å²) in [6, 6.07) is 4.91. The lowest BCUT2D eigenvalue weighted by molar-refractivity contribution is 0.185. The van der Waals surface area contributed by atoms with Gasteiger partial charge >= 0.3 is 0 Å². The van der Waals surface area contributed by atoms with Gasteiger partial charge in [0, 0.05) is 34.2 Å². The number of nitrogens with one attached hydrogen (secondary N) is 1. The Balaban J connectivity index is 2.57. The quantitative estimate of drug-likeness (QED) is 0.885. The molecule has 2 rings (SSSR count). The van der Waals surface area contributed by atoms with Gasteiger partial charge in [0.05, 0.1) is 6.61 Å². The molecule has 0 bridgehead atoms. The second-order valence-electron chi connectivity index (χ2n) is 3.61. The van der Waals surface area contributed by atoms with Crippen molar-refractivity contribution in [3.8, 4) is 0 Å². The van der Waals surface area contributed by atoms with Crippen LogP contribution in [-0.4, -0.2) is 14.2 Å². The fourth-order valence-electron chi connectivity index (χ4n) is 1.78. The summed E-state index contributed by atoms with van der Waals surface area (Å²) in [5.41, 5.74) is 1.09. The van der Waals surface area contributed by atoms with Crippen LogP contribution in [0.1, 0.15) is 10.4 Å². The molecule has 1 heterocycles. The predicted octanol–water partition coefficient (Wildman–Crippen LogP) is 2.91. The number of benzene rings is 1. The lowest BCUT2D eigenvalue weighted by Crippen LogP contribution is -2.05. The molecule has 1 N–H and O–H groups in total. The van der Waals surface area contributed by atoms with E-state index in [1.807, 2.05) is 13.1 Å². The molecule has 4 heteroatoms. The highest BCUT2D eigenvalue weighted by molar-refractivity contribution is 7.19. The van der Waals surface area contributed by atoms with Crippen LogP contribution in [0.4, 0.5) is 4.39 Å². The van der Waals surface area contributed by atoms with Crippen LogP contribution in [0.15, 0.2) is 18.2 Å². The second kappa shape index (κ2) is 4.91. The molecule has 0 atom stereocenters. The third-order valence-electron chi connectivity index (χ3n) is 2.46. The van der Waals surface area contributed by atoms with E-state index >= 15 is 0 Å². The first-order chi connectivity index (χ1) is 7.76. The molecule has 16 heavy (non-hydrogen) atoms. The normalized spacial score (nSPS) is 11.2. The van der Waals surface area contributed by atoms with E-state index in [2.05, 4.69) is 5.32 Å². The Morgan fingerprint density at radius 1 is 1.44 bits per heavy atom. The van der Waals surface area contributed by atoms with Crippen LogP contribution in [0.5, 0.6) is 0 Å². The van der Waals surface area contributed by atoms with E-state index < -0.39 is 0 Å². The maximum Gasteiger partial charge on any atom is 0.123 e. The van der Waals surface area contributed by atoms with Gasteiger partial charge < -0.3 is 10.1 Å². The number of hydrogen-bond donors (Lipinski definition) is 1. The molecule has 0 fully saturated rings.